The Bertz CT molecular complexity index is 655. The Morgan fingerprint density at radius 2 is 1.81 bits per heavy atom. The van der Waals surface area contributed by atoms with E-state index in [9.17, 15) is 8.78 Å². The number of aromatic nitrogens is 2. The number of benzene rings is 1. The molecular formula is C17H16F2N2. The quantitative estimate of drug-likeness (QED) is 0.616. The third-order valence-corrected chi connectivity index (χ3v) is 2.97. The van der Waals surface area contributed by atoms with Crippen molar-refractivity contribution >= 4 is 0 Å². The van der Waals surface area contributed by atoms with Crippen LogP contribution < -0.4 is 0 Å². The Morgan fingerprint density at radius 3 is 2.48 bits per heavy atom. The van der Waals surface area contributed by atoms with Crippen molar-refractivity contribution in [1.29, 1.82) is 0 Å². The molecule has 2 rings (SSSR count). The summed E-state index contributed by atoms with van der Waals surface area (Å²) in [5.41, 5.74) is 1.16. The first-order chi connectivity index (χ1) is 10.2. The van der Waals surface area contributed by atoms with Crippen molar-refractivity contribution in [2.45, 2.75) is 32.6 Å². The molecule has 0 atom stereocenters. The third-order valence-electron chi connectivity index (χ3n) is 2.97. The molecule has 0 aliphatic carbocycles. The van der Waals surface area contributed by atoms with Crippen LogP contribution in [-0.4, -0.2) is 9.97 Å². The van der Waals surface area contributed by atoms with Gasteiger partial charge in [-0.05, 0) is 24.6 Å². The van der Waals surface area contributed by atoms with Crippen molar-refractivity contribution in [2.24, 2.45) is 0 Å². The van der Waals surface area contributed by atoms with Crippen LogP contribution in [0.3, 0.4) is 0 Å². The molecule has 2 aromatic rings. The van der Waals surface area contributed by atoms with E-state index in [1.54, 1.807) is 12.4 Å². The molecule has 0 saturated heterocycles. The number of rotatable bonds is 4. The van der Waals surface area contributed by atoms with Crippen LogP contribution in [0, 0.1) is 23.5 Å². The molecule has 1 aromatic carbocycles. The maximum Gasteiger partial charge on any atom is 0.159 e. The predicted octanol–water partition coefficient (Wildman–Crippen LogP) is 4.35. The molecule has 0 aliphatic rings. The molecule has 1 heterocycles. The van der Waals surface area contributed by atoms with Crippen LogP contribution in [0.2, 0.25) is 0 Å². The smallest absolute Gasteiger partial charge is 0.159 e. The molecule has 0 radical (unpaired) electrons. The highest BCUT2D eigenvalue weighted by molar-refractivity contribution is 5.55. The van der Waals surface area contributed by atoms with E-state index in [2.05, 4.69) is 28.7 Å². The average molecular weight is 286 g/mol. The highest BCUT2D eigenvalue weighted by atomic mass is 19.2. The highest BCUT2D eigenvalue weighted by Crippen LogP contribution is 2.17. The first-order valence-electron chi connectivity index (χ1n) is 6.97. The van der Waals surface area contributed by atoms with Crippen LogP contribution in [0.5, 0.6) is 0 Å². The number of halogens is 2. The molecule has 0 spiro atoms. The molecule has 0 fully saturated rings. The topological polar surface area (TPSA) is 25.8 Å². The highest BCUT2D eigenvalue weighted by Gasteiger charge is 2.06. The molecule has 0 amide bonds. The van der Waals surface area contributed by atoms with E-state index in [0.29, 0.717) is 11.4 Å². The van der Waals surface area contributed by atoms with E-state index in [1.807, 2.05) is 0 Å². The second kappa shape index (κ2) is 7.49. The van der Waals surface area contributed by atoms with Gasteiger partial charge < -0.3 is 0 Å². The van der Waals surface area contributed by atoms with Crippen LogP contribution in [0.4, 0.5) is 8.78 Å². The Hall–Kier alpha value is -2.28. The van der Waals surface area contributed by atoms with E-state index in [0.717, 1.165) is 30.5 Å². The van der Waals surface area contributed by atoms with Gasteiger partial charge in [0.05, 0.1) is 5.56 Å². The van der Waals surface area contributed by atoms with Gasteiger partial charge in [0, 0.05) is 24.4 Å². The molecule has 1 aromatic heterocycles. The summed E-state index contributed by atoms with van der Waals surface area (Å²) in [4.78, 5) is 8.26. The number of nitrogens with zero attached hydrogens (tertiary/aromatic N) is 2. The molecule has 0 N–H and O–H groups in total. The van der Waals surface area contributed by atoms with E-state index in [4.69, 9.17) is 0 Å². The van der Waals surface area contributed by atoms with Crippen LogP contribution in [0.15, 0.2) is 30.6 Å². The first-order valence-corrected chi connectivity index (χ1v) is 6.97. The summed E-state index contributed by atoms with van der Waals surface area (Å²) in [7, 11) is 0. The van der Waals surface area contributed by atoms with Crippen molar-refractivity contribution in [2.75, 3.05) is 0 Å². The molecule has 2 nitrogen and oxygen atoms in total. The summed E-state index contributed by atoms with van der Waals surface area (Å²) < 4.78 is 26.0. The lowest BCUT2D eigenvalue weighted by Gasteiger charge is -2.00. The van der Waals surface area contributed by atoms with Gasteiger partial charge >= 0.3 is 0 Å². The van der Waals surface area contributed by atoms with Crippen molar-refractivity contribution in [3.63, 3.8) is 0 Å². The minimum absolute atomic E-state index is 0.352. The van der Waals surface area contributed by atoms with Crippen LogP contribution in [0.1, 0.15) is 38.2 Å². The zero-order valence-corrected chi connectivity index (χ0v) is 11.9. The lowest BCUT2D eigenvalue weighted by molar-refractivity contribution is 0.509. The van der Waals surface area contributed by atoms with Gasteiger partial charge in [-0.2, -0.15) is 0 Å². The fraction of sp³-hybridized carbons (Fsp3) is 0.294. The van der Waals surface area contributed by atoms with E-state index >= 15 is 0 Å². The minimum Gasteiger partial charge on any atom is -0.235 e. The van der Waals surface area contributed by atoms with E-state index < -0.39 is 11.6 Å². The molecule has 4 heteroatoms. The van der Waals surface area contributed by atoms with Gasteiger partial charge in [0.25, 0.3) is 0 Å². The third kappa shape index (κ3) is 4.35. The van der Waals surface area contributed by atoms with Gasteiger partial charge in [-0.15, -0.1) is 0 Å². The molecule has 108 valence electrons. The summed E-state index contributed by atoms with van der Waals surface area (Å²) in [6.07, 6.45) is 7.50. The molecule has 0 saturated carbocycles. The molecular weight excluding hydrogens is 270 g/mol. The van der Waals surface area contributed by atoms with Crippen LogP contribution >= 0.6 is 0 Å². The van der Waals surface area contributed by atoms with Crippen molar-refractivity contribution in [1.82, 2.24) is 9.97 Å². The fourth-order valence-corrected chi connectivity index (χ4v) is 1.80. The van der Waals surface area contributed by atoms with Gasteiger partial charge in [0.15, 0.2) is 17.5 Å². The Morgan fingerprint density at radius 1 is 1.05 bits per heavy atom. The molecule has 0 unspecified atom stereocenters. The first kappa shape index (κ1) is 15.1. The molecule has 21 heavy (non-hydrogen) atoms. The maximum atomic E-state index is 13.2. The molecule has 0 aliphatic heterocycles. The van der Waals surface area contributed by atoms with Crippen molar-refractivity contribution < 1.29 is 8.78 Å². The number of hydrogen-bond donors (Lipinski definition) is 0. The summed E-state index contributed by atoms with van der Waals surface area (Å²) in [5.74, 6) is 4.63. The summed E-state index contributed by atoms with van der Waals surface area (Å²) in [5, 5.41) is 0. The second-order valence-corrected chi connectivity index (χ2v) is 4.68. The number of unbranched alkanes of at least 4 members (excludes halogenated alkanes) is 3. The van der Waals surface area contributed by atoms with Gasteiger partial charge in [-0.3, -0.25) is 0 Å². The summed E-state index contributed by atoms with van der Waals surface area (Å²) >= 11 is 0. The predicted molar refractivity (Wildman–Crippen MR) is 78.4 cm³/mol. The Balaban J connectivity index is 2.06. The Kier molecular flexibility index (Phi) is 5.39. The normalized spacial score (nSPS) is 10.0. The van der Waals surface area contributed by atoms with Gasteiger partial charge in [0.1, 0.15) is 0 Å². The standard InChI is InChI=1S/C17H16F2N2/c1-2-3-4-5-6-7-13-11-20-17(21-12-13)14-8-9-15(18)16(19)10-14/h8-12H,2-5H2,1H3. The summed E-state index contributed by atoms with van der Waals surface area (Å²) in [6, 6.07) is 3.60. The van der Waals surface area contributed by atoms with E-state index in [-0.39, 0.29) is 0 Å². The lowest BCUT2D eigenvalue weighted by Crippen LogP contribution is -1.92. The largest absolute Gasteiger partial charge is 0.235 e. The summed E-state index contributed by atoms with van der Waals surface area (Å²) in [6.45, 7) is 2.15. The second-order valence-electron chi connectivity index (χ2n) is 4.68. The van der Waals surface area contributed by atoms with Gasteiger partial charge in [0.2, 0.25) is 0 Å². The van der Waals surface area contributed by atoms with Crippen LogP contribution in [0.25, 0.3) is 11.4 Å². The van der Waals surface area contributed by atoms with Crippen molar-refractivity contribution in [3.8, 4) is 23.2 Å². The Labute approximate surface area is 123 Å². The number of hydrogen-bond acceptors (Lipinski definition) is 2. The lowest BCUT2D eigenvalue weighted by atomic mass is 10.2. The zero-order chi connectivity index (χ0) is 15.1. The minimum atomic E-state index is -0.907. The SMILES string of the molecule is CCCCCC#Cc1cnc(-c2ccc(F)c(F)c2)nc1. The van der Waals surface area contributed by atoms with E-state index in [1.165, 1.54) is 18.9 Å². The average Bonchev–Trinajstić information content (AvgIpc) is 2.50. The fourth-order valence-electron chi connectivity index (χ4n) is 1.80. The van der Waals surface area contributed by atoms with Crippen molar-refractivity contribution in [3.05, 3.63) is 47.8 Å². The monoisotopic (exact) mass is 286 g/mol. The van der Waals surface area contributed by atoms with Crippen LogP contribution in [-0.2, 0) is 0 Å². The maximum absolute atomic E-state index is 13.2. The van der Waals surface area contributed by atoms with Gasteiger partial charge in [-0.1, -0.05) is 31.6 Å². The molecule has 0 bridgehead atoms. The zero-order valence-electron chi connectivity index (χ0n) is 11.9. The van der Waals surface area contributed by atoms with Gasteiger partial charge in [-0.25, -0.2) is 18.7 Å².